The van der Waals surface area contributed by atoms with Crippen LogP contribution in [0.3, 0.4) is 0 Å². The van der Waals surface area contributed by atoms with Gasteiger partial charge < -0.3 is 0 Å². The molecule has 1 rings (SSSR count). The van der Waals surface area contributed by atoms with Crippen LogP contribution in [0.25, 0.3) is 0 Å². The minimum Gasteiger partial charge on any atom is -0.295 e. The van der Waals surface area contributed by atoms with E-state index in [2.05, 4.69) is 58.3 Å². The Labute approximate surface area is 103 Å². The highest BCUT2D eigenvalue weighted by atomic mass is 15.3. The Morgan fingerprint density at radius 3 is 1.75 bits per heavy atom. The summed E-state index contributed by atoms with van der Waals surface area (Å²) in [6.45, 7) is 19.5. The molecule has 1 aliphatic rings. The van der Waals surface area contributed by atoms with Crippen LogP contribution in [0.2, 0.25) is 0 Å². The molecule has 0 N–H and O–H groups in total. The third-order valence-electron chi connectivity index (χ3n) is 3.43. The molecule has 0 bridgehead atoms. The van der Waals surface area contributed by atoms with Gasteiger partial charge in [-0.25, -0.2) is 0 Å². The van der Waals surface area contributed by atoms with E-state index < -0.39 is 6.02 Å². The second-order valence-corrected chi connectivity index (χ2v) is 7.18. The largest absolute Gasteiger partial charge is 0.295 e. The number of rotatable bonds is 0. The van der Waals surface area contributed by atoms with Crippen molar-refractivity contribution in [3.8, 4) is 0 Å². The molecule has 2 heteroatoms. The van der Waals surface area contributed by atoms with Crippen LogP contribution in [0.15, 0.2) is 0 Å². The van der Waals surface area contributed by atoms with Crippen molar-refractivity contribution in [3.05, 3.63) is 0 Å². The Bertz CT molecular complexity index is 273. The van der Waals surface area contributed by atoms with E-state index in [1.807, 2.05) is 6.92 Å². The fourth-order valence-corrected chi connectivity index (χ4v) is 2.94. The van der Waals surface area contributed by atoms with Crippen LogP contribution < -0.4 is 0 Å². The lowest BCUT2D eigenvalue weighted by atomic mass is 9.94. The van der Waals surface area contributed by atoms with Gasteiger partial charge in [-0.15, -0.1) is 0 Å². The van der Waals surface area contributed by atoms with Gasteiger partial charge in [-0.2, -0.15) is 0 Å². The summed E-state index contributed by atoms with van der Waals surface area (Å²) in [5, 5.41) is 0. The zero-order valence-corrected chi connectivity index (χ0v) is 12.4. The lowest BCUT2D eigenvalue weighted by Gasteiger charge is -2.53. The highest BCUT2D eigenvalue weighted by Gasteiger charge is 2.38. The average Bonchev–Trinajstić information content (AvgIpc) is 1.94. The Hall–Kier alpha value is -0.0800. The predicted molar refractivity (Wildman–Crippen MR) is 71.8 cm³/mol. The van der Waals surface area contributed by atoms with Crippen LogP contribution >= 0.6 is 0 Å². The van der Waals surface area contributed by atoms with E-state index in [4.69, 9.17) is 1.37 Å². The van der Waals surface area contributed by atoms with Crippen LogP contribution in [-0.2, 0) is 0 Å². The quantitative estimate of drug-likeness (QED) is 0.628. The van der Waals surface area contributed by atoms with Crippen molar-refractivity contribution >= 4 is 0 Å². The molecular formula is C14H30N2. The van der Waals surface area contributed by atoms with Gasteiger partial charge in [-0.1, -0.05) is 0 Å². The molecular weight excluding hydrogens is 196 g/mol. The lowest BCUT2D eigenvalue weighted by molar-refractivity contribution is -0.0500. The summed E-state index contributed by atoms with van der Waals surface area (Å²) in [5.74, 6) is 0. The monoisotopic (exact) mass is 227 g/mol. The maximum Gasteiger partial charge on any atom is 0.0478 e. The SMILES string of the molecule is [2H][C@]1(C)CN(C(C)(C)C)C[C@H](C)N1C(C)(C)C. The number of hydrogen-bond acceptors (Lipinski definition) is 2. The zero-order chi connectivity index (χ0) is 13.6. The summed E-state index contributed by atoms with van der Waals surface area (Å²) in [6.07, 6.45) is 0. The average molecular weight is 227 g/mol. The standard InChI is InChI=1S/C14H30N2/c1-11-9-15(13(3,4)5)10-12(2)16(11)14(6,7)8/h11-12H,9-10H2,1-8H3/t11-,12-/m0/s1/i11D. The minimum atomic E-state index is -0.511. The summed E-state index contributed by atoms with van der Waals surface area (Å²) >= 11 is 0. The van der Waals surface area contributed by atoms with Crippen molar-refractivity contribution in [1.29, 1.82) is 0 Å². The second kappa shape index (κ2) is 4.30. The highest BCUT2D eigenvalue weighted by Crippen LogP contribution is 2.28. The maximum atomic E-state index is 8.66. The maximum absolute atomic E-state index is 8.66. The molecule has 1 heterocycles. The van der Waals surface area contributed by atoms with Crippen LogP contribution in [0.1, 0.15) is 56.8 Å². The first-order valence-corrected chi connectivity index (χ1v) is 6.40. The van der Waals surface area contributed by atoms with E-state index in [-0.39, 0.29) is 11.1 Å². The topological polar surface area (TPSA) is 6.48 Å². The first-order valence-electron chi connectivity index (χ1n) is 6.90. The lowest BCUT2D eigenvalue weighted by Crippen LogP contribution is -2.65. The summed E-state index contributed by atoms with van der Waals surface area (Å²) in [7, 11) is 0. The number of piperazine rings is 1. The van der Waals surface area contributed by atoms with Gasteiger partial charge in [0, 0.05) is 37.6 Å². The first kappa shape index (κ1) is 12.4. The molecule has 16 heavy (non-hydrogen) atoms. The predicted octanol–water partition coefficient (Wildman–Crippen LogP) is 2.98. The third kappa shape index (κ3) is 2.98. The molecule has 96 valence electrons. The molecule has 0 saturated carbocycles. The normalized spacial score (nSPS) is 36.2. The second-order valence-electron chi connectivity index (χ2n) is 7.18. The molecule has 0 aromatic heterocycles. The summed E-state index contributed by atoms with van der Waals surface area (Å²) in [5.41, 5.74) is 0.209. The van der Waals surface area contributed by atoms with Crippen molar-refractivity contribution in [2.75, 3.05) is 13.1 Å². The molecule has 0 radical (unpaired) electrons. The molecule has 1 aliphatic heterocycles. The van der Waals surface area contributed by atoms with Crippen LogP contribution in [0, 0.1) is 0 Å². The molecule has 2 atom stereocenters. The van der Waals surface area contributed by atoms with Gasteiger partial charge in [-0.05, 0) is 55.4 Å². The molecule has 1 fully saturated rings. The van der Waals surface area contributed by atoms with Crippen molar-refractivity contribution in [2.45, 2.75) is 78.5 Å². The van der Waals surface area contributed by atoms with Crippen molar-refractivity contribution < 1.29 is 1.37 Å². The molecule has 1 saturated heterocycles. The fourth-order valence-electron chi connectivity index (χ4n) is 2.94. The molecule has 0 aromatic rings. The van der Waals surface area contributed by atoms with Gasteiger partial charge in [-0.3, -0.25) is 9.80 Å². The first-order chi connectivity index (χ1) is 7.36. The van der Waals surface area contributed by atoms with Crippen LogP contribution in [0.4, 0.5) is 0 Å². The Kier molecular flexibility index (Phi) is 3.33. The van der Waals surface area contributed by atoms with E-state index >= 15 is 0 Å². The zero-order valence-electron chi connectivity index (χ0n) is 13.4. The van der Waals surface area contributed by atoms with Gasteiger partial charge in [0.25, 0.3) is 0 Å². The molecule has 0 aromatic carbocycles. The van der Waals surface area contributed by atoms with E-state index in [0.717, 1.165) is 13.1 Å². The van der Waals surface area contributed by atoms with Gasteiger partial charge in [0.1, 0.15) is 0 Å². The Morgan fingerprint density at radius 1 is 0.938 bits per heavy atom. The van der Waals surface area contributed by atoms with Crippen molar-refractivity contribution in [1.82, 2.24) is 9.80 Å². The molecule has 0 spiro atoms. The van der Waals surface area contributed by atoms with E-state index in [0.29, 0.717) is 6.04 Å². The molecule has 0 aliphatic carbocycles. The summed E-state index contributed by atoms with van der Waals surface area (Å²) in [6, 6.07) is -0.0890. The Morgan fingerprint density at radius 2 is 1.44 bits per heavy atom. The van der Waals surface area contributed by atoms with Gasteiger partial charge >= 0.3 is 0 Å². The van der Waals surface area contributed by atoms with Crippen molar-refractivity contribution in [2.24, 2.45) is 0 Å². The molecule has 0 amide bonds. The smallest absolute Gasteiger partial charge is 0.0478 e. The third-order valence-corrected chi connectivity index (χ3v) is 3.43. The molecule has 0 unspecified atom stereocenters. The van der Waals surface area contributed by atoms with E-state index in [1.165, 1.54) is 0 Å². The van der Waals surface area contributed by atoms with E-state index in [9.17, 15) is 0 Å². The number of nitrogens with zero attached hydrogens (tertiary/aromatic N) is 2. The van der Waals surface area contributed by atoms with Crippen LogP contribution in [-0.4, -0.2) is 46.0 Å². The Balaban J connectivity index is 2.97. The van der Waals surface area contributed by atoms with Gasteiger partial charge in [0.2, 0.25) is 0 Å². The summed E-state index contributed by atoms with van der Waals surface area (Å²) in [4.78, 5) is 4.79. The van der Waals surface area contributed by atoms with Gasteiger partial charge in [0.15, 0.2) is 0 Å². The van der Waals surface area contributed by atoms with Gasteiger partial charge in [0.05, 0.1) is 0 Å². The fraction of sp³-hybridized carbons (Fsp3) is 1.00. The minimum absolute atomic E-state index is 0.0554. The molecule has 2 nitrogen and oxygen atoms in total. The van der Waals surface area contributed by atoms with Crippen molar-refractivity contribution in [3.63, 3.8) is 0 Å². The highest BCUT2D eigenvalue weighted by molar-refractivity contribution is 4.95. The number of hydrogen-bond donors (Lipinski definition) is 0. The van der Waals surface area contributed by atoms with E-state index in [1.54, 1.807) is 0 Å². The van der Waals surface area contributed by atoms with Crippen LogP contribution in [0.5, 0.6) is 0 Å². The summed E-state index contributed by atoms with van der Waals surface area (Å²) < 4.78 is 8.66.